The summed E-state index contributed by atoms with van der Waals surface area (Å²) in [4.78, 5) is 24.8. The number of likely N-dealkylation sites (tertiary alicyclic amines) is 1. The summed E-state index contributed by atoms with van der Waals surface area (Å²) in [5.74, 6) is 1.76. The molecule has 1 saturated heterocycles. The Balaban J connectivity index is 2.49. The van der Waals surface area contributed by atoms with Crippen LogP contribution in [0.25, 0.3) is 0 Å². The maximum absolute atomic E-state index is 12.0. The van der Waals surface area contributed by atoms with Crippen molar-refractivity contribution in [3.8, 4) is 12.3 Å². The summed E-state index contributed by atoms with van der Waals surface area (Å²) in [5, 5.41) is 11.9. The van der Waals surface area contributed by atoms with Crippen molar-refractivity contribution in [2.45, 2.75) is 45.6 Å². The number of urea groups is 1. The minimum absolute atomic E-state index is 0.191. The van der Waals surface area contributed by atoms with Gasteiger partial charge in [0.2, 0.25) is 0 Å². The number of nitrogens with zero attached hydrogens (tertiary/aromatic N) is 1. The summed E-state index contributed by atoms with van der Waals surface area (Å²) < 4.78 is 0. The lowest BCUT2D eigenvalue weighted by Gasteiger charge is -2.36. The molecule has 1 atom stereocenters. The third-order valence-electron chi connectivity index (χ3n) is 3.75. The van der Waals surface area contributed by atoms with E-state index in [0.29, 0.717) is 25.9 Å². The van der Waals surface area contributed by atoms with Gasteiger partial charge < -0.3 is 15.3 Å². The summed E-state index contributed by atoms with van der Waals surface area (Å²) in [5.41, 5.74) is -0.717. The van der Waals surface area contributed by atoms with Crippen molar-refractivity contribution in [1.82, 2.24) is 10.2 Å². The fourth-order valence-electron chi connectivity index (χ4n) is 2.14. The van der Waals surface area contributed by atoms with Gasteiger partial charge in [0, 0.05) is 13.1 Å². The Labute approximate surface area is 114 Å². The first-order valence-electron chi connectivity index (χ1n) is 6.68. The molecule has 0 radical (unpaired) electrons. The van der Waals surface area contributed by atoms with Crippen molar-refractivity contribution in [3.05, 3.63) is 0 Å². The average molecular weight is 266 g/mol. The average Bonchev–Trinajstić information content (AvgIpc) is 2.38. The Morgan fingerprint density at radius 1 is 1.47 bits per heavy atom. The number of carboxylic acids is 1. The van der Waals surface area contributed by atoms with Crippen molar-refractivity contribution in [2.24, 2.45) is 5.41 Å². The molecule has 0 saturated carbocycles. The molecule has 0 spiro atoms. The standard InChI is InChI=1S/C14H22N2O3/c1-4-6-11(5-2)15-13(19)16-9-7-14(3,8-10-16)12(17)18/h2,11H,4,6-10H2,1,3H3,(H,15,19)(H,17,18). The van der Waals surface area contributed by atoms with Gasteiger partial charge in [0.1, 0.15) is 0 Å². The van der Waals surface area contributed by atoms with E-state index in [1.165, 1.54) is 0 Å². The highest BCUT2D eigenvalue weighted by Crippen LogP contribution is 2.30. The summed E-state index contributed by atoms with van der Waals surface area (Å²) >= 11 is 0. The van der Waals surface area contributed by atoms with Gasteiger partial charge in [0.15, 0.2) is 0 Å². The Morgan fingerprint density at radius 2 is 2.05 bits per heavy atom. The molecule has 5 nitrogen and oxygen atoms in total. The lowest BCUT2D eigenvalue weighted by molar-refractivity contribution is -0.150. The Morgan fingerprint density at radius 3 is 2.47 bits per heavy atom. The van der Waals surface area contributed by atoms with E-state index in [2.05, 4.69) is 11.2 Å². The molecule has 1 rings (SSSR count). The van der Waals surface area contributed by atoms with Crippen LogP contribution in [0.3, 0.4) is 0 Å². The second kappa shape index (κ2) is 6.46. The van der Waals surface area contributed by atoms with Crippen molar-refractivity contribution in [3.63, 3.8) is 0 Å². The molecule has 0 bridgehead atoms. The van der Waals surface area contributed by atoms with E-state index in [0.717, 1.165) is 12.8 Å². The molecule has 1 aliphatic heterocycles. The van der Waals surface area contributed by atoms with Crippen LogP contribution in [0.1, 0.15) is 39.5 Å². The van der Waals surface area contributed by atoms with Crippen LogP contribution in [0.2, 0.25) is 0 Å². The normalized spacial score (nSPS) is 19.3. The molecular weight excluding hydrogens is 244 g/mol. The zero-order chi connectivity index (χ0) is 14.5. The summed E-state index contributed by atoms with van der Waals surface area (Å²) in [6.45, 7) is 4.65. The second-order valence-corrected chi connectivity index (χ2v) is 5.31. The molecule has 0 aromatic carbocycles. The minimum atomic E-state index is -0.792. The van der Waals surface area contributed by atoms with Gasteiger partial charge in [-0.25, -0.2) is 4.79 Å². The van der Waals surface area contributed by atoms with Gasteiger partial charge in [-0.15, -0.1) is 6.42 Å². The minimum Gasteiger partial charge on any atom is -0.481 e. The van der Waals surface area contributed by atoms with Crippen LogP contribution in [-0.4, -0.2) is 41.1 Å². The number of aliphatic carboxylic acids is 1. The van der Waals surface area contributed by atoms with Crippen LogP contribution in [0.15, 0.2) is 0 Å². The van der Waals surface area contributed by atoms with Gasteiger partial charge in [0.25, 0.3) is 0 Å². The van der Waals surface area contributed by atoms with Crippen LogP contribution >= 0.6 is 0 Å². The molecule has 5 heteroatoms. The van der Waals surface area contributed by atoms with Crippen molar-refractivity contribution < 1.29 is 14.7 Å². The van der Waals surface area contributed by atoms with Crippen molar-refractivity contribution in [1.29, 1.82) is 0 Å². The molecule has 1 unspecified atom stereocenters. The highest BCUT2D eigenvalue weighted by atomic mass is 16.4. The summed E-state index contributed by atoms with van der Waals surface area (Å²) in [7, 11) is 0. The summed E-state index contributed by atoms with van der Waals surface area (Å²) in [6.07, 6.45) is 7.97. The molecule has 19 heavy (non-hydrogen) atoms. The first-order valence-corrected chi connectivity index (χ1v) is 6.68. The number of hydrogen-bond donors (Lipinski definition) is 2. The number of terminal acetylenes is 1. The number of rotatable bonds is 4. The molecule has 0 aliphatic carbocycles. The maximum Gasteiger partial charge on any atom is 0.318 e. The lowest BCUT2D eigenvalue weighted by atomic mass is 9.80. The van der Waals surface area contributed by atoms with Crippen LogP contribution in [-0.2, 0) is 4.79 Å². The first kappa shape index (κ1) is 15.4. The molecule has 1 aliphatic rings. The number of nitrogens with one attached hydrogen (secondary N) is 1. The molecule has 2 amide bonds. The third-order valence-corrected chi connectivity index (χ3v) is 3.75. The van der Waals surface area contributed by atoms with E-state index in [-0.39, 0.29) is 12.1 Å². The highest BCUT2D eigenvalue weighted by Gasteiger charge is 2.38. The largest absolute Gasteiger partial charge is 0.481 e. The van der Waals surface area contributed by atoms with E-state index < -0.39 is 11.4 Å². The van der Waals surface area contributed by atoms with E-state index in [1.807, 2.05) is 6.92 Å². The molecule has 1 heterocycles. The highest BCUT2D eigenvalue weighted by molar-refractivity contribution is 5.77. The number of carbonyl (C=O) groups excluding carboxylic acids is 1. The zero-order valence-corrected chi connectivity index (χ0v) is 11.6. The number of hydrogen-bond acceptors (Lipinski definition) is 2. The molecule has 0 aromatic rings. The second-order valence-electron chi connectivity index (χ2n) is 5.31. The van der Waals surface area contributed by atoms with E-state index in [9.17, 15) is 9.59 Å². The fourth-order valence-corrected chi connectivity index (χ4v) is 2.14. The van der Waals surface area contributed by atoms with E-state index in [1.54, 1.807) is 11.8 Å². The Hall–Kier alpha value is -1.70. The monoisotopic (exact) mass is 266 g/mol. The quantitative estimate of drug-likeness (QED) is 0.761. The summed E-state index contributed by atoms with van der Waals surface area (Å²) in [6, 6.07) is -0.436. The fraction of sp³-hybridized carbons (Fsp3) is 0.714. The molecular formula is C14H22N2O3. The third kappa shape index (κ3) is 3.88. The van der Waals surface area contributed by atoms with Gasteiger partial charge in [-0.05, 0) is 26.2 Å². The van der Waals surface area contributed by atoms with Crippen molar-refractivity contribution >= 4 is 12.0 Å². The molecule has 2 N–H and O–H groups in total. The first-order chi connectivity index (χ1) is 8.92. The SMILES string of the molecule is C#CC(CCC)NC(=O)N1CCC(C)(C(=O)O)CC1. The van der Waals surface area contributed by atoms with E-state index in [4.69, 9.17) is 11.5 Å². The predicted octanol–water partition coefficient (Wildman–Crippen LogP) is 1.68. The van der Waals surface area contributed by atoms with E-state index >= 15 is 0 Å². The topological polar surface area (TPSA) is 69.6 Å². The molecule has 0 aromatic heterocycles. The number of amides is 2. The Kier molecular flexibility index (Phi) is 5.22. The number of carboxylic acid groups (broad SMARTS) is 1. The smallest absolute Gasteiger partial charge is 0.318 e. The molecule has 1 fully saturated rings. The Bertz CT molecular complexity index is 379. The zero-order valence-electron chi connectivity index (χ0n) is 11.6. The van der Waals surface area contributed by atoms with Gasteiger partial charge in [-0.1, -0.05) is 19.3 Å². The van der Waals surface area contributed by atoms with Crippen LogP contribution < -0.4 is 5.32 Å². The number of piperidine rings is 1. The maximum atomic E-state index is 12.0. The van der Waals surface area contributed by atoms with Crippen LogP contribution in [0.5, 0.6) is 0 Å². The number of carbonyl (C=O) groups is 2. The van der Waals surface area contributed by atoms with Gasteiger partial charge in [0.05, 0.1) is 11.5 Å². The van der Waals surface area contributed by atoms with Gasteiger partial charge in [-0.2, -0.15) is 0 Å². The lowest BCUT2D eigenvalue weighted by Crippen LogP contribution is -2.50. The van der Waals surface area contributed by atoms with Crippen molar-refractivity contribution in [2.75, 3.05) is 13.1 Å². The van der Waals surface area contributed by atoms with Crippen LogP contribution in [0.4, 0.5) is 4.79 Å². The van der Waals surface area contributed by atoms with Crippen LogP contribution in [0, 0.1) is 17.8 Å². The van der Waals surface area contributed by atoms with Gasteiger partial charge >= 0.3 is 12.0 Å². The van der Waals surface area contributed by atoms with Gasteiger partial charge in [-0.3, -0.25) is 4.79 Å². The predicted molar refractivity (Wildman–Crippen MR) is 72.6 cm³/mol. The molecule has 106 valence electrons.